The summed E-state index contributed by atoms with van der Waals surface area (Å²) in [6, 6.07) is 5.94. The molecule has 0 saturated heterocycles. The minimum atomic E-state index is 0.480. The number of nitrogens with one attached hydrogen (secondary N) is 1. The van der Waals surface area contributed by atoms with Crippen molar-refractivity contribution in [3.63, 3.8) is 0 Å². The van der Waals surface area contributed by atoms with Crippen LogP contribution in [0.5, 0.6) is 0 Å². The predicted molar refractivity (Wildman–Crippen MR) is 60.9 cm³/mol. The van der Waals surface area contributed by atoms with Crippen molar-refractivity contribution in [2.75, 3.05) is 25.6 Å². The summed E-state index contributed by atoms with van der Waals surface area (Å²) in [4.78, 5) is 4.25. The van der Waals surface area contributed by atoms with Gasteiger partial charge in [0, 0.05) is 26.5 Å². The number of ether oxygens (including phenoxy) is 1. The van der Waals surface area contributed by atoms with Gasteiger partial charge in [0.15, 0.2) is 0 Å². The van der Waals surface area contributed by atoms with E-state index in [1.807, 2.05) is 24.4 Å². The topological polar surface area (TPSA) is 34.1 Å². The lowest BCUT2D eigenvalue weighted by atomic mass is 10.0. The van der Waals surface area contributed by atoms with Gasteiger partial charge in [0.1, 0.15) is 5.82 Å². The number of nitrogens with zero attached hydrogens (tertiary/aromatic N) is 1. The van der Waals surface area contributed by atoms with Crippen LogP contribution in [0.25, 0.3) is 0 Å². The summed E-state index contributed by atoms with van der Waals surface area (Å²) in [5.41, 5.74) is 0.480. The zero-order valence-corrected chi connectivity index (χ0v) is 9.20. The summed E-state index contributed by atoms with van der Waals surface area (Å²) in [7, 11) is 1.77. The van der Waals surface area contributed by atoms with E-state index in [2.05, 4.69) is 10.3 Å². The minimum Gasteiger partial charge on any atom is -0.385 e. The van der Waals surface area contributed by atoms with Crippen molar-refractivity contribution >= 4 is 5.82 Å². The van der Waals surface area contributed by atoms with Crippen molar-refractivity contribution in [1.29, 1.82) is 0 Å². The molecule has 0 bridgehead atoms. The highest BCUT2D eigenvalue weighted by atomic mass is 16.5. The van der Waals surface area contributed by atoms with E-state index < -0.39 is 0 Å². The van der Waals surface area contributed by atoms with E-state index in [1.54, 1.807) is 7.11 Å². The standard InChI is InChI=1S/C12H18N2O/c1-15-9-7-12(5-6-12)10-14-11-4-2-3-8-13-11/h2-4,8H,5-7,9-10H2,1H3,(H,13,14). The second-order valence-electron chi connectivity index (χ2n) is 4.31. The van der Waals surface area contributed by atoms with E-state index in [9.17, 15) is 0 Å². The van der Waals surface area contributed by atoms with Crippen LogP contribution in [0.2, 0.25) is 0 Å². The summed E-state index contributed by atoms with van der Waals surface area (Å²) in [6.07, 6.45) is 5.60. The molecule has 0 unspecified atom stereocenters. The highest BCUT2D eigenvalue weighted by Crippen LogP contribution is 2.48. The molecule has 1 aromatic rings. The number of methoxy groups -OCH3 is 1. The van der Waals surface area contributed by atoms with E-state index in [0.717, 1.165) is 25.4 Å². The fourth-order valence-electron chi connectivity index (χ4n) is 1.76. The number of aromatic nitrogens is 1. The summed E-state index contributed by atoms with van der Waals surface area (Å²) in [5, 5.41) is 3.39. The quantitative estimate of drug-likeness (QED) is 0.775. The Morgan fingerprint density at radius 2 is 2.33 bits per heavy atom. The summed E-state index contributed by atoms with van der Waals surface area (Å²) < 4.78 is 5.13. The first kappa shape index (κ1) is 10.4. The molecule has 1 fully saturated rings. The Bertz CT molecular complexity index is 296. The molecule has 1 saturated carbocycles. The van der Waals surface area contributed by atoms with Gasteiger partial charge in [-0.3, -0.25) is 0 Å². The molecule has 0 aliphatic heterocycles. The average molecular weight is 206 g/mol. The Labute approximate surface area is 90.9 Å². The fourth-order valence-corrected chi connectivity index (χ4v) is 1.76. The molecule has 82 valence electrons. The van der Waals surface area contributed by atoms with Crippen molar-refractivity contribution in [2.24, 2.45) is 5.41 Å². The van der Waals surface area contributed by atoms with E-state index >= 15 is 0 Å². The first-order valence-corrected chi connectivity index (χ1v) is 5.49. The molecule has 1 aromatic heterocycles. The molecule has 1 aliphatic carbocycles. The van der Waals surface area contributed by atoms with Gasteiger partial charge in [0.2, 0.25) is 0 Å². The van der Waals surface area contributed by atoms with Crippen LogP contribution in [0.4, 0.5) is 5.82 Å². The van der Waals surface area contributed by atoms with Gasteiger partial charge in [0.05, 0.1) is 0 Å². The first-order chi connectivity index (χ1) is 7.35. The zero-order valence-electron chi connectivity index (χ0n) is 9.20. The Balaban J connectivity index is 1.78. The molecule has 0 atom stereocenters. The third kappa shape index (κ3) is 2.93. The molecule has 3 nitrogen and oxygen atoms in total. The molecule has 1 aliphatic rings. The maximum Gasteiger partial charge on any atom is 0.125 e. The van der Waals surface area contributed by atoms with Gasteiger partial charge >= 0.3 is 0 Å². The van der Waals surface area contributed by atoms with Crippen LogP contribution >= 0.6 is 0 Å². The smallest absolute Gasteiger partial charge is 0.125 e. The van der Waals surface area contributed by atoms with E-state index in [1.165, 1.54) is 12.8 Å². The zero-order chi connectivity index (χ0) is 10.6. The van der Waals surface area contributed by atoms with Crippen LogP contribution in [0.1, 0.15) is 19.3 Å². The largest absolute Gasteiger partial charge is 0.385 e. The van der Waals surface area contributed by atoms with Gasteiger partial charge in [-0.15, -0.1) is 0 Å². The molecule has 1 heterocycles. The first-order valence-electron chi connectivity index (χ1n) is 5.49. The molecule has 15 heavy (non-hydrogen) atoms. The number of rotatable bonds is 6. The van der Waals surface area contributed by atoms with Crippen LogP contribution < -0.4 is 5.32 Å². The molecular formula is C12H18N2O. The van der Waals surface area contributed by atoms with Gasteiger partial charge in [-0.25, -0.2) is 4.98 Å². The normalized spacial score (nSPS) is 17.4. The molecule has 2 rings (SSSR count). The second-order valence-corrected chi connectivity index (χ2v) is 4.31. The third-order valence-corrected chi connectivity index (χ3v) is 3.10. The van der Waals surface area contributed by atoms with Gasteiger partial charge in [-0.05, 0) is 36.8 Å². The lowest BCUT2D eigenvalue weighted by Gasteiger charge is -2.15. The third-order valence-electron chi connectivity index (χ3n) is 3.10. The Morgan fingerprint density at radius 3 is 2.93 bits per heavy atom. The maximum absolute atomic E-state index is 5.13. The van der Waals surface area contributed by atoms with Crippen molar-refractivity contribution in [2.45, 2.75) is 19.3 Å². The van der Waals surface area contributed by atoms with Crippen LogP contribution in [0, 0.1) is 5.41 Å². The SMILES string of the molecule is COCCC1(CNc2ccccn2)CC1. The van der Waals surface area contributed by atoms with Crippen molar-refractivity contribution in [1.82, 2.24) is 4.98 Å². The Hall–Kier alpha value is -1.09. The van der Waals surface area contributed by atoms with Gasteiger partial charge in [-0.1, -0.05) is 6.07 Å². The van der Waals surface area contributed by atoms with E-state index in [0.29, 0.717) is 5.41 Å². The molecule has 0 amide bonds. The molecule has 3 heteroatoms. The lowest BCUT2D eigenvalue weighted by Crippen LogP contribution is -2.17. The molecule has 1 N–H and O–H groups in total. The van der Waals surface area contributed by atoms with Crippen molar-refractivity contribution in [3.8, 4) is 0 Å². The number of hydrogen-bond acceptors (Lipinski definition) is 3. The molecule has 0 spiro atoms. The van der Waals surface area contributed by atoms with Crippen LogP contribution in [0.15, 0.2) is 24.4 Å². The van der Waals surface area contributed by atoms with Crippen molar-refractivity contribution in [3.05, 3.63) is 24.4 Å². The fraction of sp³-hybridized carbons (Fsp3) is 0.583. The van der Waals surface area contributed by atoms with Gasteiger partial charge < -0.3 is 10.1 Å². The highest BCUT2D eigenvalue weighted by molar-refractivity contribution is 5.33. The second kappa shape index (κ2) is 4.62. The van der Waals surface area contributed by atoms with E-state index in [-0.39, 0.29) is 0 Å². The minimum absolute atomic E-state index is 0.480. The molecular weight excluding hydrogens is 188 g/mol. The van der Waals surface area contributed by atoms with Crippen LogP contribution in [0.3, 0.4) is 0 Å². The molecule has 0 aromatic carbocycles. The van der Waals surface area contributed by atoms with Crippen LogP contribution in [-0.4, -0.2) is 25.2 Å². The predicted octanol–water partition coefficient (Wildman–Crippen LogP) is 2.31. The molecule has 0 radical (unpaired) electrons. The number of anilines is 1. The lowest BCUT2D eigenvalue weighted by molar-refractivity contribution is 0.175. The Kier molecular flexibility index (Phi) is 3.21. The highest BCUT2D eigenvalue weighted by Gasteiger charge is 2.41. The monoisotopic (exact) mass is 206 g/mol. The average Bonchev–Trinajstić information content (AvgIpc) is 3.06. The van der Waals surface area contributed by atoms with Crippen LogP contribution in [-0.2, 0) is 4.74 Å². The number of pyridine rings is 1. The summed E-state index contributed by atoms with van der Waals surface area (Å²) in [5.74, 6) is 0.973. The Morgan fingerprint density at radius 1 is 1.47 bits per heavy atom. The van der Waals surface area contributed by atoms with Gasteiger partial charge in [-0.2, -0.15) is 0 Å². The number of hydrogen-bond donors (Lipinski definition) is 1. The summed E-state index contributed by atoms with van der Waals surface area (Å²) >= 11 is 0. The summed E-state index contributed by atoms with van der Waals surface area (Å²) in [6.45, 7) is 1.89. The maximum atomic E-state index is 5.13. The van der Waals surface area contributed by atoms with Crippen molar-refractivity contribution < 1.29 is 4.74 Å². The van der Waals surface area contributed by atoms with E-state index in [4.69, 9.17) is 4.74 Å². The van der Waals surface area contributed by atoms with Gasteiger partial charge in [0.25, 0.3) is 0 Å².